The van der Waals surface area contributed by atoms with Crippen molar-refractivity contribution in [1.82, 2.24) is 16.0 Å². The molecule has 86 valence electrons. The summed E-state index contributed by atoms with van der Waals surface area (Å²) < 4.78 is 1.12. The van der Waals surface area contributed by atoms with Gasteiger partial charge in [0.05, 0.1) is 0 Å². The van der Waals surface area contributed by atoms with Crippen LogP contribution < -0.4 is 21.7 Å². The summed E-state index contributed by atoms with van der Waals surface area (Å²) in [7, 11) is 0. The van der Waals surface area contributed by atoms with Gasteiger partial charge in [-0.3, -0.25) is 5.32 Å². The van der Waals surface area contributed by atoms with E-state index in [9.17, 15) is 0 Å². The van der Waals surface area contributed by atoms with Gasteiger partial charge < -0.3 is 16.4 Å². The molecule has 0 bridgehead atoms. The van der Waals surface area contributed by atoms with Crippen LogP contribution in [0.25, 0.3) is 0 Å². The van der Waals surface area contributed by atoms with E-state index in [0.717, 1.165) is 23.1 Å². The monoisotopic (exact) mass is 282 g/mol. The average molecular weight is 283 g/mol. The number of nitrogens with one attached hydrogen (secondary N) is 3. The molecule has 3 atom stereocenters. The van der Waals surface area contributed by atoms with Crippen molar-refractivity contribution in [2.24, 2.45) is 11.7 Å². The minimum atomic E-state index is -0.0812. The van der Waals surface area contributed by atoms with E-state index in [1.807, 2.05) is 6.20 Å². The van der Waals surface area contributed by atoms with Gasteiger partial charge in [-0.2, -0.15) is 0 Å². The number of fused-ring (bicyclic) bond motifs is 1. The zero-order valence-electron chi connectivity index (χ0n) is 8.83. The van der Waals surface area contributed by atoms with Gasteiger partial charge in [0.15, 0.2) is 6.29 Å². The lowest BCUT2D eigenvalue weighted by Crippen LogP contribution is -2.53. The molecule has 5 heteroatoms. The lowest BCUT2D eigenvalue weighted by Gasteiger charge is -2.27. The first-order valence-corrected chi connectivity index (χ1v) is 6.25. The highest BCUT2D eigenvalue weighted by atomic mass is 79.9. The molecular weight excluding hydrogens is 268 g/mol. The van der Waals surface area contributed by atoms with Gasteiger partial charge >= 0.3 is 0 Å². The topological polar surface area (TPSA) is 62.1 Å². The van der Waals surface area contributed by atoms with Crippen molar-refractivity contribution < 1.29 is 0 Å². The van der Waals surface area contributed by atoms with Gasteiger partial charge in [-0.15, -0.1) is 0 Å². The molecule has 1 heterocycles. The molecule has 1 aliphatic heterocycles. The Labute approximate surface area is 103 Å². The second kappa shape index (κ2) is 3.61. The van der Waals surface area contributed by atoms with Crippen LogP contribution in [0.5, 0.6) is 0 Å². The fourth-order valence-corrected chi connectivity index (χ4v) is 2.42. The number of hydrogen-bond acceptors (Lipinski definition) is 4. The first kappa shape index (κ1) is 10.4. The predicted octanol–water partition coefficient (Wildman–Crippen LogP) is 0.460. The molecule has 0 aromatic heterocycles. The summed E-state index contributed by atoms with van der Waals surface area (Å²) in [5.41, 5.74) is 7.15. The molecular formula is C11H15BrN4. The summed E-state index contributed by atoms with van der Waals surface area (Å²) in [6.45, 7) is 0.831. The number of halogens is 1. The Bertz CT molecular complexity index is 401. The number of hydrogen-bond donors (Lipinski definition) is 4. The molecule has 5 N–H and O–H groups in total. The standard InChI is InChI=1S/C11H15BrN4/c12-8-5-14-10(15-6-8)16-9-2-1-7-3-11(7,13)4-9/h1-2,4-5,7,10,14-16H,3,6,13H2. The molecule has 1 saturated carbocycles. The Morgan fingerprint density at radius 1 is 1.56 bits per heavy atom. The predicted molar refractivity (Wildman–Crippen MR) is 67.3 cm³/mol. The number of allylic oxidation sites excluding steroid dienone is 1. The molecule has 1 fully saturated rings. The molecule has 4 nitrogen and oxygen atoms in total. The molecule has 3 rings (SSSR count). The third-order valence-corrected chi connectivity index (χ3v) is 3.74. The zero-order valence-corrected chi connectivity index (χ0v) is 10.4. The Kier molecular flexibility index (Phi) is 2.34. The van der Waals surface area contributed by atoms with Crippen LogP contribution in [0, 0.1) is 5.92 Å². The fraction of sp³-hybridized carbons (Fsp3) is 0.455. The van der Waals surface area contributed by atoms with Crippen molar-refractivity contribution in [3.8, 4) is 0 Å². The smallest absolute Gasteiger partial charge is 0.152 e. The highest BCUT2D eigenvalue weighted by Gasteiger charge is 2.49. The summed E-state index contributed by atoms with van der Waals surface area (Å²) >= 11 is 3.43. The SMILES string of the molecule is NC12C=C(NC3NC=C(Br)CN3)C=CC1C2. The summed E-state index contributed by atoms with van der Waals surface area (Å²) in [6, 6.07) is 0. The van der Waals surface area contributed by atoms with Crippen molar-refractivity contribution in [2.45, 2.75) is 18.2 Å². The maximum Gasteiger partial charge on any atom is 0.152 e. The van der Waals surface area contributed by atoms with E-state index in [1.165, 1.54) is 0 Å². The van der Waals surface area contributed by atoms with Crippen LogP contribution in [0.4, 0.5) is 0 Å². The first-order chi connectivity index (χ1) is 7.66. The molecule has 0 aromatic rings. The molecule has 16 heavy (non-hydrogen) atoms. The second-order valence-electron chi connectivity index (χ2n) is 4.60. The van der Waals surface area contributed by atoms with Gasteiger partial charge in [0.2, 0.25) is 0 Å². The maximum atomic E-state index is 6.14. The van der Waals surface area contributed by atoms with Gasteiger partial charge in [-0.05, 0) is 18.6 Å². The van der Waals surface area contributed by atoms with Crippen LogP contribution in [0.15, 0.2) is 34.6 Å². The third-order valence-electron chi connectivity index (χ3n) is 3.23. The van der Waals surface area contributed by atoms with Crippen molar-refractivity contribution >= 4 is 15.9 Å². The zero-order chi connectivity index (χ0) is 11.2. The minimum absolute atomic E-state index is 0.0658. The molecule has 0 aromatic carbocycles. The highest BCUT2D eigenvalue weighted by Crippen LogP contribution is 2.46. The number of rotatable bonds is 2. The summed E-state index contributed by atoms with van der Waals surface area (Å²) in [5.74, 6) is 0.555. The Hall–Kier alpha value is -0.780. The van der Waals surface area contributed by atoms with Gasteiger partial charge in [0, 0.05) is 34.4 Å². The number of nitrogens with two attached hydrogens (primary N) is 1. The van der Waals surface area contributed by atoms with Gasteiger partial charge in [-0.1, -0.05) is 22.0 Å². The maximum absolute atomic E-state index is 6.14. The van der Waals surface area contributed by atoms with Crippen LogP contribution in [0.2, 0.25) is 0 Å². The molecule has 0 saturated heterocycles. The van der Waals surface area contributed by atoms with Crippen LogP contribution in [-0.2, 0) is 0 Å². The molecule has 0 amide bonds. The Morgan fingerprint density at radius 3 is 3.12 bits per heavy atom. The average Bonchev–Trinajstić information content (AvgIpc) is 2.92. The van der Waals surface area contributed by atoms with E-state index >= 15 is 0 Å². The van der Waals surface area contributed by atoms with Crippen LogP contribution in [-0.4, -0.2) is 18.4 Å². The fourth-order valence-electron chi connectivity index (χ4n) is 2.13. The summed E-state index contributed by atoms with van der Waals surface area (Å²) in [5, 5.41) is 9.88. The molecule has 3 unspecified atom stereocenters. The molecule has 2 aliphatic carbocycles. The molecule has 3 aliphatic rings. The first-order valence-electron chi connectivity index (χ1n) is 5.46. The van der Waals surface area contributed by atoms with Gasteiger partial charge in [0.1, 0.15) is 0 Å². The second-order valence-corrected chi connectivity index (χ2v) is 5.62. The van der Waals surface area contributed by atoms with Crippen molar-refractivity contribution in [3.05, 3.63) is 34.6 Å². The van der Waals surface area contributed by atoms with Crippen LogP contribution in [0.3, 0.4) is 0 Å². The van der Waals surface area contributed by atoms with Gasteiger partial charge in [0.25, 0.3) is 0 Å². The third kappa shape index (κ3) is 1.90. The largest absolute Gasteiger partial charge is 0.358 e. The summed E-state index contributed by atoms with van der Waals surface area (Å²) in [4.78, 5) is 0. The van der Waals surface area contributed by atoms with E-state index in [0.29, 0.717) is 5.92 Å². The molecule has 0 spiro atoms. The lowest BCUT2D eigenvalue weighted by molar-refractivity contribution is 0.425. The van der Waals surface area contributed by atoms with Gasteiger partial charge in [-0.25, -0.2) is 0 Å². The Balaban J connectivity index is 1.63. The quantitative estimate of drug-likeness (QED) is 0.594. The van der Waals surface area contributed by atoms with E-state index in [-0.39, 0.29) is 11.8 Å². The van der Waals surface area contributed by atoms with Crippen LogP contribution in [0.1, 0.15) is 6.42 Å². The summed E-state index contributed by atoms with van der Waals surface area (Å²) in [6.07, 6.45) is 9.53. The van der Waals surface area contributed by atoms with Crippen molar-refractivity contribution in [2.75, 3.05) is 6.54 Å². The van der Waals surface area contributed by atoms with E-state index < -0.39 is 0 Å². The van der Waals surface area contributed by atoms with Crippen molar-refractivity contribution in [1.29, 1.82) is 0 Å². The Morgan fingerprint density at radius 2 is 2.44 bits per heavy atom. The van der Waals surface area contributed by atoms with Crippen molar-refractivity contribution in [3.63, 3.8) is 0 Å². The minimum Gasteiger partial charge on any atom is -0.358 e. The lowest BCUT2D eigenvalue weighted by atomic mass is 10.1. The van der Waals surface area contributed by atoms with E-state index in [1.54, 1.807) is 0 Å². The van der Waals surface area contributed by atoms with Crippen LogP contribution >= 0.6 is 15.9 Å². The molecule has 0 radical (unpaired) electrons. The van der Waals surface area contributed by atoms with E-state index in [2.05, 4.69) is 50.1 Å². The normalized spacial score (nSPS) is 40.4. The highest BCUT2D eigenvalue weighted by molar-refractivity contribution is 9.11. The van der Waals surface area contributed by atoms with E-state index in [4.69, 9.17) is 5.73 Å².